The van der Waals surface area contributed by atoms with Crippen molar-refractivity contribution in [1.82, 2.24) is 0 Å². The van der Waals surface area contributed by atoms with Gasteiger partial charge >= 0.3 is 0 Å². The number of nitrogens with zero attached hydrogens (tertiary/aromatic N) is 1. The molecule has 17 heavy (non-hydrogen) atoms. The van der Waals surface area contributed by atoms with Crippen LogP contribution in [-0.4, -0.2) is 31.4 Å². The van der Waals surface area contributed by atoms with Gasteiger partial charge < -0.3 is 14.7 Å². The van der Waals surface area contributed by atoms with Gasteiger partial charge in [-0.15, -0.1) is 0 Å². The summed E-state index contributed by atoms with van der Waals surface area (Å²) < 4.78 is 5.65. The van der Waals surface area contributed by atoms with Crippen LogP contribution >= 0.6 is 0 Å². The Hall–Kier alpha value is -1.48. The highest BCUT2D eigenvalue weighted by Crippen LogP contribution is 2.30. The van der Waals surface area contributed by atoms with Gasteiger partial charge in [0.15, 0.2) is 0 Å². The lowest BCUT2D eigenvalue weighted by Gasteiger charge is -2.24. The van der Waals surface area contributed by atoms with Gasteiger partial charge in [0.05, 0.1) is 6.61 Å². The molecule has 1 aromatic rings. The Kier molecular flexibility index (Phi) is 3.69. The maximum absolute atomic E-state index is 9.08. The van der Waals surface area contributed by atoms with Crippen molar-refractivity contribution >= 4 is 11.8 Å². The van der Waals surface area contributed by atoms with Crippen LogP contribution in [-0.2, 0) is 0 Å². The number of benzene rings is 1. The molecule has 3 nitrogen and oxygen atoms in total. The van der Waals surface area contributed by atoms with E-state index in [1.54, 1.807) is 0 Å². The predicted octanol–water partition coefficient (Wildman–Crippen LogP) is 2.30. The van der Waals surface area contributed by atoms with Gasteiger partial charge in [-0.2, -0.15) is 0 Å². The van der Waals surface area contributed by atoms with Crippen molar-refractivity contribution in [2.24, 2.45) is 0 Å². The normalized spacial score (nSPS) is 13.7. The van der Waals surface area contributed by atoms with Crippen molar-refractivity contribution in [2.75, 3.05) is 31.2 Å². The highest BCUT2D eigenvalue weighted by molar-refractivity contribution is 5.67. The first-order valence-electron chi connectivity index (χ1n) is 6.10. The average molecular weight is 233 g/mol. The second kappa shape index (κ2) is 5.23. The zero-order valence-corrected chi connectivity index (χ0v) is 10.4. The molecule has 0 unspecified atom stereocenters. The van der Waals surface area contributed by atoms with Crippen molar-refractivity contribution < 1.29 is 9.84 Å². The van der Waals surface area contributed by atoms with Gasteiger partial charge in [-0.3, -0.25) is 0 Å². The lowest BCUT2D eigenvalue weighted by Crippen LogP contribution is -2.22. The molecule has 0 atom stereocenters. The second-order valence-electron chi connectivity index (χ2n) is 4.14. The maximum Gasteiger partial charge on any atom is 0.129 e. The van der Waals surface area contributed by atoms with Crippen LogP contribution in [0.15, 0.2) is 23.8 Å². The molecule has 1 N–H and O–H groups in total. The molecular weight excluding hydrogens is 214 g/mol. The minimum atomic E-state index is 0.0667. The topological polar surface area (TPSA) is 32.7 Å². The SMILES string of the molecule is CCN(CC)c1ccc2c(c1)OCC(CO)=C2. The van der Waals surface area contributed by atoms with Crippen molar-refractivity contribution in [1.29, 1.82) is 0 Å². The number of ether oxygens (including phenoxy) is 1. The zero-order valence-electron chi connectivity index (χ0n) is 10.4. The molecule has 1 heterocycles. The Balaban J connectivity index is 2.30. The van der Waals surface area contributed by atoms with Crippen molar-refractivity contribution in [3.63, 3.8) is 0 Å². The summed E-state index contributed by atoms with van der Waals surface area (Å²) in [7, 11) is 0. The van der Waals surface area contributed by atoms with Crippen LogP contribution < -0.4 is 9.64 Å². The first-order valence-corrected chi connectivity index (χ1v) is 6.10. The quantitative estimate of drug-likeness (QED) is 0.866. The van der Waals surface area contributed by atoms with Crippen LogP contribution in [0.4, 0.5) is 5.69 Å². The number of aliphatic hydroxyl groups is 1. The molecule has 0 spiro atoms. The minimum absolute atomic E-state index is 0.0667. The molecular formula is C14H19NO2. The molecule has 0 radical (unpaired) electrons. The molecule has 2 rings (SSSR count). The summed E-state index contributed by atoms with van der Waals surface area (Å²) in [5, 5.41) is 9.08. The van der Waals surface area contributed by atoms with Crippen LogP contribution in [0.25, 0.3) is 6.08 Å². The summed E-state index contributed by atoms with van der Waals surface area (Å²) >= 11 is 0. The Bertz CT molecular complexity index is 422. The number of hydrogen-bond acceptors (Lipinski definition) is 3. The van der Waals surface area contributed by atoms with Crippen LogP contribution in [0.3, 0.4) is 0 Å². The van der Waals surface area contributed by atoms with E-state index in [1.807, 2.05) is 6.08 Å². The van der Waals surface area contributed by atoms with Gasteiger partial charge in [0.25, 0.3) is 0 Å². The molecule has 1 aliphatic heterocycles. The lowest BCUT2D eigenvalue weighted by molar-refractivity contribution is 0.285. The zero-order chi connectivity index (χ0) is 12.3. The first-order chi connectivity index (χ1) is 8.28. The molecule has 0 saturated heterocycles. The molecule has 0 amide bonds. The van der Waals surface area contributed by atoms with Crippen LogP contribution in [0.1, 0.15) is 19.4 Å². The van der Waals surface area contributed by atoms with Gasteiger partial charge in [0.1, 0.15) is 12.4 Å². The summed E-state index contributed by atoms with van der Waals surface area (Å²) in [6.07, 6.45) is 2.00. The van der Waals surface area contributed by atoms with E-state index >= 15 is 0 Å². The summed E-state index contributed by atoms with van der Waals surface area (Å²) in [4.78, 5) is 2.29. The Labute approximate surface area is 102 Å². The Morgan fingerprint density at radius 1 is 1.29 bits per heavy atom. The molecule has 0 aromatic heterocycles. The summed E-state index contributed by atoms with van der Waals surface area (Å²) in [5.41, 5.74) is 3.17. The number of rotatable bonds is 4. The van der Waals surface area contributed by atoms with Gasteiger partial charge in [-0.1, -0.05) is 0 Å². The standard InChI is InChI=1S/C14H19NO2/c1-3-15(4-2)13-6-5-12-7-11(9-16)10-17-14(12)8-13/h5-8,16H,3-4,9-10H2,1-2H3. The summed E-state index contributed by atoms with van der Waals surface area (Å²) in [6.45, 7) is 6.84. The average Bonchev–Trinajstić information content (AvgIpc) is 2.39. The van der Waals surface area contributed by atoms with Crippen molar-refractivity contribution in [2.45, 2.75) is 13.8 Å². The van der Waals surface area contributed by atoms with E-state index in [1.165, 1.54) is 5.69 Å². The Morgan fingerprint density at radius 3 is 2.71 bits per heavy atom. The smallest absolute Gasteiger partial charge is 0.129 e. The molecule has 0 fully saturated rings. The molecule has 0 saturated carbocycles. The first kappa shape index (κ1) is 12.0. The summed E-state index contributed by atoms with van der Waals surface area (Å²) in [5.74, 6) is 0.909. The fourth-order valence-electron chi connectivity index (χ4n) is 2.08. The largest absolute Gasteiger partial charge is 0.488 e. The highest BCUT2D eigenvalue weighted by atomic mass is 16.5. The lowest BCUT2D eigenvalue weighted by atomic mass is 10.1. The minimum Gasteiger partial charge on any atom is -0.488 e. The van der Waals surface area contributed by atoms with Gasteiger partial charge in [-0.25, -0.2) is 0 Å². The molecule has 92 valence electrons. The van der Waals surface area contributed by atoms with E-state index in [-0.39, 0.29) is 6.61 Å². The molecule has 3 heteroatoms. The molecule has 1 aliphatic rings. The molecule has 0 bridgehead atoms. The van der Waals surface area contributed by atoms with Crippen LogP contribution in [0.5, 0.6) is 5.75 Å². The van der Waals surface area contributed by atoms with E-state index in [2.05, 4.69) is 36.9 Å². The van der Waals surface area contributed by atoms with Crippen LogP contribution in [0.2, 0.25) is 0 Å². The van der Waals surface area contributed by atoms with Gasteiger partial charge in [0, 0.05) is 30.4 Å². The second-order valence-corrected chi connectivity index (χ2v) is 4.14. The van der Waals surface area contributed by atoms with Crippen LogP contribution in [0, 0.1) is 0 Å². The van der Waals surface area contributed by atoms with E-state index in [9.17, 15) is 0 Å². The number of anilines is 1. The molecule has 0 aliphatic carbocycles. The number of hydrogen-bond donors (Lipinski definition) is 1. The summed E-state index contributed by atoms with van der Waals surface area (Å²) in [6, 6.07) is 6.23. The van der Waals surface area contributed by atoms with Gasteiger partial charge in [0.2, 0.25) is 0 Å². The van der Waals surface area contributed by atoms with Gasteiger partial charge in [-0.05, 0) is 37.6 Å². The van der Waals surface area contributed by atoms with Crippen molar-refractivity contribution in [3.8, 4) is 5.75 Å². The van der Waals surface area contributed by atoms with E-state index in [0.29, 0.717) is 6.61 Å². The van der Waals surface area contributed by atoms with E-state index in [4.69, 9.17) is 9.84 Å². The number of aliphatic hydroxyl groups excluding tert-OH is 1. The van der Waals surface area contributed by atoms with Crippen molar-refractivity contribution in [3.05, 3.63) is 29.3 Å². The number of fused-ring (bicyclic) bond motifs is 1. The predicted molar refractivity (Wildman–Crippen MR) is 70.6 cm³/mol. The van der Waals surface area contributed by atoms with E-state index in [0.717, 1.165) is 30.0 Å². The third-order valence-corrected chi connectivity index (χ3v) is 3.10. The fourth-order valence-corrected chi connectivity index (χ4v) is 2.08. The third-order valence-electron chi connectivity index (χ3n) is 3.10. The van der Waals surface area contributed by atoms with E-state index < -0.39 is 0 Å². The Morgan fingerprint density at radius 2 is 2.06 bits per heavy atom. The molecule has 1 aromatic carbocycles. The monoisotopic (exact) mass is 233 g/mol. The fraction of sp³-hybridized carbons (Fsp3) is 0.429. The highest BCUT2D eigenvalue weighted by Gasteiger charge is 2.12. The third kappa shape index (κ3) is 2.44. The maximum atomic E-state index is 9.08.